The second-order valence-electron chi connectivity index (χ2n) is 4.79. The summed E-state index contributed by atoms with van der Waals surface area (Å²) in [6.07, 6.45) is 4.11. The van der Waals surface area contributed by atoms with Crippen LogP contribution in [0.3, 0.4) is 0 Å². The predicted octanol–water partition coefficient (Wildman–Crippen LogP) is 3.58. The van der Waals surface area contributed by atoms with Gasteiger partial charge in [-0.25, -0.2) is 8.78 Å². The Balaban J connectivity index is 2.28. The van der Waals surface area contributed by atoms with E-state index in [1.165, 1.54) is 12.1 Å². The van der Waals surface area contributed by atoms with Crippen molar-refractivity contribution < 1.29 is 8.78 Å². The summed E-state index contributed by atoms with van der Waals surface area (Å²) in [7, 11) is 0. The van der Waals surface area contributed by atoms with Crippen LogP contribution in [0, 0.1) is 23.0 Å². The first-order chi connectivity index (χ1) is 8.06. The summed E-state index contributed by atoms with van der Waals surface area (Å²) in [5, 5.41) is 11.6. The average Bonchev–Trinajstić information content (AvgIpc) is 2.72. The molecule has 4 heteroatoms. The molecule has 1 aromatic carbocycles. The largest absolute Gasteiger partial charge is 0.377 e. The van der Waals surface area contributed by atoms with Crippen LogP contribution in [-0.2, 0) is 0 Å². The first-order valence-electron chi connectivity index (χ1n) is 5.72. The molecule has 17 heavy (non-hydrogen) atoms. The number of anilines is 1. The van der Waals surface area contributed by atoms with Crippen LogP contribution in [0.15, 0.2) is 12.1 Å². The van der Waals surface area contributed by atoms with Crippen molar-refractivity contribution >= 4 is 5.69 Å². The highest BCUT2D eigenvalue weighted by molar-refractivity contribution is 5.51. The highest BCUT2D eigenvalue weighted by Crippen LogP contribution is 2.33. The van der Waals surface area contributed by atoms with E-state index in [-0.39, 0.29) is 16.8 Å². The second kappa shape index (κ2) is 4.33. The van der Waals surface area contributed by atoms with Crippen molar-refractivity contribution in [3.8, 4) is 6.07 Å². The van der Waals surface area contributed by atoms with Crippen molar-refractivity contribution in [1.29, 1.82) is 5.26 Å². The lowest BCUT2D eigenvalue weighted by Crippen LogP contribution is -2.31. The zero-order chi connectivity index (χ0) is 12.5. The maximum atomic E-state index is 13.7. The fourth-order valence-electron chi connectivity index (χ4n) is 2.34. The Morgan fingerprint density at radius 2 is 1.88 bits per heavy atom. The molecule has 2 rings (SSSR count). The Bertz CT molecular complexity index is 471. The Labute approximate surface area is 99.3 Å². The van der Waals surface area contributed by atoms with Gasteiger partial charge in [0.2, 0.25) is 0 Å². The number of nitrogens with zero attached hydrogens (tertiary/aromatic N) is 1. The fourth-order valence-corrected chi connectivity index (χ4v) is 2.34. The molecule has 0 heterocycles. The van der Waals surface area contributed by atoms with Gasteiger partial charge in [0.1, 0.15) is 6.07 Å². The number of hydrogen-bond donors (Lipinski definition) is 1. The van der Waals surface area contributed by atoms with Crippen LogP contribution in [0.1, 0.15) is 38.2 Å². The van der Waals surface area contributed by atoms with Gasteiger partial charge in [-0.3, -0.25) is 0 Å². The SMILES string of the molecule is CC1(Nc2ccc(C#N)c(F)c2F)CCCC1. The molecule has 90 valence electrons. The summed E-state index contributed by atoms with van der Waals surface area (Å²) in [5.74, 6) is -2.03. The molecule has 0 saturated heterocycles. The summed E-state index contributed by atoms with van der Waals surface area (Å²) in [6, 6.07) is 4.36. The van der Waals surface area contributed by atoms with E-state index in [0.29, 0.717) is 0 Å². The predicted molar refractivity (Wildman–Crippen MR) is 61.6 cm³/mol. The number of rotatable bonds is 2. The van der Waals surface area contributed by atoms with E-state index in [1.54, 1.807) is 6.07 Å². The monoisotopic (exact) mass is 236 g/mol. The summed E-state index contributed by atoms with van der Waals surface area (Å²) in [4.78, 5) is 0. The molecular formula is C13H14F2N2. The van der Waals surface area contributed by atoms with Crippen molar-refractivity contribution in [2.24, 2.45) is 0 Å². The first-order valence-corrected chi connectivity index (χ1v) is 5.72. The Morgan fingerprint density at radius 1 is 1.24 bits per heavy atom. The molecule has 0 spiro atoms. The van der Waals surface area contributed by atoms with Gasteiger partial charge in [0.05, 0.1) is 11.3 Å². The molecule has 1 aromatic rings. The van der Waals surface area contributed by atoms with Crippen molar-refractivity contribution in [2.45, 2.75) is 38.1 Å². The van der Waals surface area contributed by atoms with Crippen molar-refractivity contribution in [2.75, 3.05) is 5.32 Å². The van der Waals surface area contributed by atoms with Crippen LogP contribution in [0.25, 0.3) is 0 Å². The number of nitriles is 1. The number of nitrogens with one attached hydrogen (secondary N) is 1. The molecule has 1 N–H and O–H groups in total. The van der Waals surface area contributed by atoms with E-state index in [9.17, 15) is 8.78 Å². The third-order valence-electron chi connectivity index (χ3n) is 3.35. The van der Waals surface area contributed by atoms with Gasteiger partial charge in [-0.15, -0.1) is 0 Å². The van der Waals surface area contributed by atoms with Gasteiger partial charge in [-0.2, -0.15) is 5.26 Å². The molecule has 1 saturated carbocycles. The van der Waals surface area contributed by atoms with Crippen LogP contribution in [0.2, 0.25) is 0 Å². The van der Waals surface area contributed by atoms with Gasteiger partial charge in [-0.1, -0.05) is 12.8 Å². The standard InChI is InChI=1S/C13H14F2N2/c1-13(6-2-3-7-13)17-10-5-4-9(8-16)11(14)12(10)15/h4-5,17H,2-3,6-7H2,1H3. The molecule has 0 unspecified atom stereocenters. The number of hydrogen-bond acceptors (Lipinski definition) is 2. The van der Waals surface area contributed by atoms with Gasteiger partial charge in [-0.05, 0) is 31.9 Å². The van der Waals surface area contributed by atoms with Gasteiger partial charge in [0.25, 0.3) is 0 Å². The normalized spacial score (nSPS) is 17.8. The Morgan fingerprint density at radius 3 is 2.47 bits per heavy atom. The topological polar surface area (TPSA) is 35.8 Å². The molecule has 0 aromatic heterocycles. The van der Waals surface area contributed by atoms with Crippen LogP contribution in [-0.4, -0.2) is 5.54 Å². The van der Waals surface area contributed by atoms with Crippen molar-refractivity contribution in [3.63, 3.8) is 0 Å². The molecule has 1 fully saturated rings. The van der Waals surface area contributed by atoms with Gasteiger partial charge in [0, 0.05) is 5.54 Å². The van der Waals surface area contributed by atoms with Crippen LogP contribution in [0.4, 0.5) is 14.5 Å². The van der Waals surface area contributed by atoms with E-state index in [4.69, 9.17) is 5.26 Å². The molecule has 1 aliphatic carbocycles. The zero-order valence-corrected chi connectivity index (χ0v) is 9.69. The molecule has 0 amide bonds. The van der Waals surface area contributed by atoms with E-state index >= 15 is 0 Å². The molecule has 0 radical (unpaired) electrons. The molecule has 1 aliphatic rings. The Kier molecular flexibility index (Phi) is 3.01. The fraction of sp³-hybridized carbons (Fsp3) is 0.462. The minimum Gasteiger partial charge on any atom is -0.377 e. The third-order valence-corrected chi connectivity index (χ3v) is 3.35. The minimum absolute atomic E-state index is 0.144. The summed E-state index contributed by atoms with van der Waals surface area (Å²) in [5.41, 5.74) is -0.280. The van der Waals surface area contributed by atoms with Gasteiger partial charge >= 0.3 is 0 Å². The van der Waals surface area contributed by atoms with Gasteiger partial charge < -0.3 is 5.32 Å². The lowest BCUT2D eigenvalue weighted by Gasteiger charge is -2.27. The maximum Gasteiger partial charge on any atom is 0.183 e. The summed E-state index contributed by atoms with van der Waals surface area (Å²) in [6.45, 7) is 2.01. The highest BCUT2D eigenvalue weighted by atomic mass is 19.2. The molecule has 0 aliphatic heterocycles. The smallest absolute Gasteiger partial charge is 0.183 e. The molecular weight excluding hydrogens is 222 g/mol. The zero-order valence-electron chi connectivity index (χ0n) is 9.69. The summed E-state index contributed by atoms with van der Waals surface area (Å²) < 4.78 is 27.1. The van der Waals surface area contributed by atoms with Crippen molar-refractivity contribution in [1.82, 2.24) is 0 Å². The first kappa shape index (κ1) is 11.8. The quantitative estimate of drug-likeness (QED) is 0.851. The number of halogens is 2. The van der Waals surface area contributed by atoms with Crippen molar-refractivity contribution in [3.05, 3.63) is 29.3 Å². The van der Waals surface area contributed by atoms with E-state index in [0.717, 1.165) is 25.7 Å². The highest BCUT2D eigenvalue weighted by Gasteiger charge is 2.29. The lowest BCUT2D eigenvalue weighted by atomic mass is 10.00. The minimum atomic E-state index is -1.07. The second-order valence-corrected chi connectivity index (χ2v) is 4.79. The average molecular weight is 236 g/mol. The van der Waals surface area contributed by atoms with E-state index in [1.807, 2.05) is 6.92 Å². The van der Waals surface area contributed by atoms with Crippen LogP contribution < -0.4 is 5.32 Å². The molecule has 0 bridgehead atoms. The molecule has 0 atom stereocenters. The maximum absolute atomic E-state index is 13.7. The lowest BCUT2D eigenvalue weighted by molar-refractivity contribution is 0.493. The van der Waals surface area contributed by atoms with E-state index < -0.39 is 11.6 Å². The molecule has 2 nitrogen and oxygen atoms in total. The summed E-state index contributed by atoms with van der Waals surface area (Å²) >= 11 is 0. The van der Waals surface area contributed by atoms with Crippen LogP contribution >= 0.6 is 0 Å². The van der Waals surface area contributed by atoms with Gasteiger partial charge in [0.15, 0.2) is 11.6 Å². The van der Waals surface area contributed by atoms with Crippen LogP contribution in [0.5, 0.6) is 0 Å². The Hall–Kier alpha value is -1.63. The number of benzene rings is 1. The third kappa shape index (κ3) is 2.23. The van der Waals surface area contributed by atoms with E-state index in [2.05, 4.69) is 5.32 Å².